The summed E-state index contributed by atoms with van der Waals surface area (Å²) in [7, 11) is 3.44. The molecule has 18 heavy (non-hydrogen) atoms. The third-order valence-electron chi connectivity index (χ3n) is 3.41. The molecular weight excluding hydrogens is 264 g/mol. The molecule has 0 fully saturated rings. The monoisotopic (exact) mass is 276 g/mol. The van der Waals surface area contributed by atoms with Gasteiger partial charge in [0.05, 0.1) is 0 Å². The van der Waals surface area contributed by atoms with Crippen molar-refractivity contribution in [2.24, 2.45) is 5.41 Å². The van der Waals surface area contributed by atoms with E-state index in [1.165, 1.54) is 0 Å². The summed E-state index contributed by atoms with van der Waals surface area (Å²) in [5.41, 5.74) is 0.889. The third-order valence-corrected chi connectivity index (χ3v) is 5.84. The van der Waals surface area contributed by atoms with Crippen molar-refractivity contribution >= 4 is 33.2 Å². The highest BCUT2D eigenvalue weighted by molar-refractivity contribution is 8.78. The second-order valence-corrected chi connectivity index (χ2v) is 7.04. The molecule has 0 bridgehead atoms. The average molecular weight is 276 g/mol. The van der Waals surface area contributed by atoms with Gasteiger partial charge in [0.1, 0.15) is 0 Å². The lowest BCUT2D eigenvalue weighted by atomic mass is 9.82. The van der Waals surface area contributed by atoms with E-state index < -0.39 is 0 Å². The summed E-state index contributed by atoms with van der Waals surface area (Å²) in [6, 6.07) is 0. The van der Waals surface area contributed by atoms with E-state index in [9.17, 15) is 9.59 Å². The van der Waals surface area contributed by atoms with Crippen LogP contribution in [0.5, 0.6) is 0 Å². The molecule has 0 saturated carbocycles. The van der Waals surface area contributed by atoms with Crippen molar-refractivity contribution in [2.75, 3.05) is 0 Å². The van der Waals surface area contributed by atoms with Gasteiger partial charge in [-0.05, 0) is 23.1 Å². The highest BCUT2D eigenvalue weighted by atomic mass is 33.1. The predicted octanol–water partition coefficient (Wildman–Crippen LogP) is 3.23. The van der Waals surface area contributed by atoms with E-state index >= 15 is 0 Å². The summed E-state index contributed by atoms with van der Waals surface area (Å²) in [6.07, 6.45) is 12.5. The fourth-order valence-corrected chi connectivity index (χ4v) is 4.98. The van der Waals surface area contributed by atoms with Crippen molar-refractivity contribution in [3.8, 4) is 0 Å². The maximum atomic E-state index is 11.5. The van der Waals surface area contributed by atoms with Crippen LogP contribution >= 0.6 is 21.6 Å². The fraction of sp³-hybridized carbons (Fsp3) is 0.286. The minimum Gasteiger partial charge on any atom is -0.295 e. The number of hydrogen-bond acceptors (Lipinski definition) is 4. The van der Waals surface area contributed by atoms with Crippen LogP contribution in [0.2, 0.25) is 0 Å². The first-order valence-corrected chi connectivity index (χ1v) is 8.09. The standard InChI is InChI=1S/C14H12O2S2/c15-11-2-1-10(7-11)8-13-14(5-6-17-18-13)4-3-12(16)9-14/h1-6,8,13H,7,9H2/b10-8-/t13-,14+/m1/s1. The summed E-state index contributed by atoms with van der Waals surface area (Å²) in [5, 5.41) is 2.28. The van der Waals surface area contributed by atoms with E-state index in [4.69, 9.17) is 0 Å². The molecule has 2 atom stereocenters. The second-order valence-electron chi connectivity index (χ2n) is 4.72. The van der Waals surface area contributed by atoms with Crippen LogP contribution in [0.1, 0.15) is 12.8 Å². The first-order chi connectivity index (χ1) is 8.68. The first kappa shape index (κ1) is 12.1. The number of allylic oxidation sites excluding steroid dienone is 6. The van der Waals surface area contributed by atoms with Gasteiger partial charge in [-0.1, -0.05) is 45.9 Å². The van der Waals surface area contributed by atoms with Crippen LogP contribution in [-0.2, 0) is 9.59 Å². The molecule has 0 N–H and O–H groups in total. The topological polar surface area (TPSA) is 34.1 Å². The van der Waals surface area contributed by atoms with Crippen LogP contribution in [-0.4, -0.2) is 16.8 Å². The lowest BCUT2D eigenvalue weighted by Crippen LogP contribution is -2.28. The van der Waals surface area contributed by atoms with Gasteiger partial charge in [-0.2, -0.15) is 0 Å². The van der Waals surface area contributed by atoms with Gasteiger partial charge in [-0.15, -0.1) is 0 Å². The Bertz CT molecular complexity index is 528. The van der Waals surface area contributed by atoms with Crippen LogP contribution in [0.25, 0.3) is 0 Å². The maximum absolute atomic E-state index is 11.5. The molecule has 92 valence electrons. The highest BCUT2D eigenvalue weighted by Crippen LogP contribution is 2.51. The molecule has 2 nitrogen and oxygen atoms in total. The molecule has 3 aliphatic rings. The van der Waals surface area contributed by atoms with Gasteiger partial charge in [-0.3, -0.25) is 9.59 Å². The zero-order valence-corrected chi connectivity index (χ0v) is 11.3. The predicted molar refractivity (Wildman–Crippen MR) is 76.2 cm³/mol. The Morgan fingerprint density at radius 1 is 1.17 bits per heavy atom. The molecule has 1 heterocycles. The zero-order valence-electron chi connectivity index (χ0n) is 9.67. The molecule has 0 aromatic carbocycles. The normalized spacial score (nSPS) is 36.4. The van der Waals surface area contributed by atoms with E-state index in [-0.39, 0.29) is 22.2 Å². The van der Waals surface area contributed by atoms with E-state index in [0.717, 1.165) is 5.57 Å². The average Bonchev–Trinajstić information content (AvgIpc) is 2.90. The van der Waals surface area contributed by atoms with Gasteiger partial charge in [0.15, 0.2) is 11.6 Å². The summed E-state index contributed by atoms with van der Waals surface area (Å²) < 4.78 is 0. The van der Waals surface area contributed by atoms with E-state index in [1.807, 2.05) is 12.2 Å². The van der Waals surface area contributed by atoms with Crippen LogP contribution in [0.15, 0.2) is 47.4 Å². The molecule has 0 unspecified atom stereocenters. The Hall–Kier alpha value is -1.00. The lowest BCUT2D eigenvalue weighted by Gasteiger charge is -2.33. The molecule has 0 radical (unpaired) electrons. The van der Waals surface area contributed by atoms with Crippen molar-refractivity contribution in [3.63, 3.8) is 0 Å². The number of rotatable bonds is 1. The second kappa shape index (κ2) is 4.59. The van der Waals surface area contributed by atoms with Gasteiger partial charge in [-0.25, -0.2) is 0 Å². The minimum absolute atomic E-state index is 0.164. The Morgan fingerprint density at radius 2 is 2.06 bits per heavy atom. The first-order valence-electron chi connectivity index (χ1n) is 5.81. The molecular formula is C14H12O2S2. The smallest absolute Gasteiger partial charge is 0.160 e. The van der Waals surface area contributed by atoms with Crippen molar-refractivity contribution in [3.05, 3.63) is 47.4 Å². The van der Waals surface area contributed by atoms with Gasteiger partial charge in [0.2, 0.25) is 0 Å². The number of ketones is 2. The highest BCUT2D eigenvalue weighted by Gasteiger charge is 2.40. The van der Waals surface area contributed by atoms with E-state index in [1.54, 1.807) is 33.7 Å². The Morgan fingerprint density at radius 3 is 2.72 bits per heavy atom. The molecule has 3 rings (SSSR count). The quantitative estimate of drug-likeness (QED) is 0.689. The minimum atomic E-state index is -0.181. The Balaban J connectivity index is 1.89. The summed E-state index contributed by atoms with van der Waals surface area (Å²) in [6.45, 7) is 0. The van der Waals surface area contributed by atoms with Gasteiger partial charge < -0.3 is 0 Å². The molecule has 1 aliphatic heterocycles. The Kier molecular flexibility index (Phi) is 3.08. The van der Waals surface area contributed by atoms with Crippen molar-refractivity contribution in [2.45, 2.75) is 18.1 Å². The van der Waals surface area contributed by atoms with Crippen molar-refractivity contribution in [1.29, 1.82) is 0 Å². The molecule has 0 saturated heterocycles. The molecule has 0 amide bonds. The molecule has 1 spiro atoms. The van der Waals surface area contributed by atoms with Crippen LogP contribution in [0, 0.1) is 5.41 Å². The zero-order chi connectivity index (χ0) is 12.6. The van der Waals surface area contributed by atoms with Crippen LogP contribution in [0.3, 0.4) is 0 Å². The van der Waals surface area contributed by atoms with Crippen LogP contribution in [0.4, 0.5) is 0 Å². The van der Waals surface area contributed by atoms with E-state index in [0.29, 0.717) is 12.8 Å². The number of carbonyl (C=O) groups is 2. The third kappa shape index (κ3) is 2.15. The molecule has 4 heteroatoms. The van der Waals surface area contributed by atoms with Gasteiger partial charge >= 0.3 is 0 Å². The Labute approximate surface area is 114 Å². The molecule has 0 aromatic rings. The molecule has 2 aliphatic carbocycles. The molecule has 0 aromatic heterocycles. The van der Waals surface area contributed by atoms with Gasteiger partial charge in [0.25, 0.3) is 0 Å². The fourth-order valence-electron chi connectivity index (χ4n) is 2.42. The summed E-state index contributed by atoms with van der Waals surface area (Å²) in [4.78, 5) is 22.8. The largest absolute Gasteiger partial charge is 0.295 e. The van der Waals surface area contributed by atoms with E-state index in [2.05, 4.69) is 17.6 Å². The van der Waals surface area contributed by atoms with Crippen molar-refractivity contribution in [1.82, 2.24) is 0 Å². The lowest BCUT2D eigenvalue weighted by molar-refractivity contribution is -0.115. The van der Waals surface area contributed by atoms with Crippen molar-refractivity contribution < 1.29 is 9.59 Å². The SMILES string of the molecule is O=C1C=C/C(=C/[C@H]2SSC=C[C@]23C=CC(=O)C3)C1. The number of carbonyl (C=O) groups excluding carboxylic acids is 2. The van der Waals surface area contributed by atoms with Gasteiger partial charge in [0, 0.05) is 23.5 Å². The maximum Gasteiger partial charge on any atom is 0.160 e. The van der Waals surface area contributed by atoms with Crippen LogP contribution < -0.4 is 0 Å². The number of hydrogen-bond donors (Lipinski definition) is 0. The summed E-state index contributed by atoms with van der Waals surface area (Å²) >= 11 is 0. The summed E-state index contributed by atoms with van der Waals surface area (Å²) in [5.74, 6) is 0.353.